The molecule has 138 valence electrons. The average molecular weight is 361 g/mol. The number of amides is 1. The van der Waals surface area contributed by atoms with Gasteiger partial charge in [-0.3, -0.25) is 14.8 Å². The number of hydrogen-bond acceptors (Lipinski definition) is 5. The largest absolute Gasteiger partial charge is 0.355 e. The zero-order valence-electron chi connectivity index (χ0n) is 15.6. The van der Waals surface area contributed by atoms with Crippen molar-refractivity contribution < 1.29 is 4.79 Å². The highest BCUT2D eigenvalue weighted by atomic mass is 16.1. The molecule has 1 saturated heterocycles. The maximum absolute atomic E-state index is 12.7. The third kappa shape index (κ3) is 3.74. The Labute approximate surface area is 158 Å². The molecular weight excluding hydrogens is 338 g/mol. The summed E-state index contributed by atoms with van der Waals surface area (Å²) in [4.78, 5) is 27.9. The summed E-state index contributed by atoms with van der Waals surface area (Å²) in [5, 5.41) is 4.17. The molecule has 1 aliphatic rings. The minimum absolute atomic E-state index is 0.0193. The normalized spacial score (nSPS) is 15.1. The van der Waals surface area contributed by atoms with E-state index >= 15 is 0 Å². The topological polar surface area (TPSA) is 71.0 Å². The fraction of sp³-hybridized carbons (Fsp3) is 0.333. The Hall–Kier alpha value is -3.02. The first-order valence-corrected chi connectivity index (χ1v) is 9.30. The van der Waals surface area contributed by atoms with E-state index < -0.39 is 0 Å². The van der Waals surface area contributed by atoms with Gasteiger partial charge in [0.1, 0.15) is 5.82 Å². The molecule has 1 aliphatic heterocycles. The van der Waals surface area contributed by atoms with Crippen molar-refractivity contribution in [3.63, 3.8) is 0 Å². The standard InChI is InChI=1S/C21H23N5O/c1-14-11-15(2)24-19-4-3-17(12-18(14)19)25-21(27)16-5-9-26(10-6-16)20-13-22-7-8-23-20/h3-4,7-8,11-13,16H,5-6,9-10H2,1-2H3,(H,25,27). The van der Waals surface area contributed by atoms with Crippen LogP contribution in [0.4, 0.5) is 11.5 Å². The molecule has 6 heteroatoms. The molecule has 6 nitrogen and oxygen atoms in total. The second-order valence-corrected chi connectivity index (χ2v) is 7.13. The van der Waals surface area contributed by atoms with Gasteiger partial charge in [-0.05, 0) is 56.5 Å². The van der Waals surface area contributed by atoms with Gasteiger partial charge >= 0.3 is 0 Å². The molecule has 3 aromatic rings. The van der Waals surface area contributed by atoms with Crippen molar-refractivity contribution >= 4 is 28.3 Å². The van der Waals surface area contributed by atoms with Crippen LogP contribution in [0.15, 0.2) is 42.9 Å². The Balaban J connectivity index is 1.42. The number of piperidine rings is 1. The third-order valence-corrected chi connectivity index (χ3v) is 5.15. The van der Waals surface area contributed by atoms with E-state index in [1.54, 1.807) is 18.6 Å². The van der Waals surface area contributed by atoms with Crippen LogP contribution in [0, 0.1) is 19.8 Å². The minimum atomic E-state index is 0.0193. The first kappa shape index (κ1) is 17.4. The van der Waals surface area contributed by atoms with Crippen LogP contribution in [0.3, 0.4) is 0 Å². The molecule has 0 aliphatic carbocycles. The number of aryl methyl sites for hydroxylation is 2. The lowest BCUT2D eigenvalue weighted by Gasteiger charge is -2.31. The molecule has 3 heterocycles. The van der Waals surface area contributed by atoms with E-state index in [-0.39, 0.29) is 11.8 Å². The number of hydrogen-bond donors (Lipinski definition) is 1. The second kappa shape index (κ2) is 7.31. The molecule has 0 saturated carbocycles. The molecule has 0 atom stereocenters. The van der Waals surface area contributed by atoms with Gasteiger partial charge in [-0.15, -0.1) is 0 Å². The predicted molar refractivity (Wildman–Crippen MR) is 107 cm³/mol. The van der Waals surface area contributed by atoms with Gasteiger partial charge in [0.15, 0.2) is 0 Å². The molecule has 2 aromatic heterocycles. The summed E-state index contributed by atoms with van der Waals surface area (Å²) in [6.45, 7) is 5.70. The predicted octanol–water partition coefficient (Wildman–Crippen LogP) is 3.50. The summed E-state index contributed by atoms with van der Waals surface area (Å²) < 4.78 is 0. The number of carbonyl (C=O) groups is 1. The van der Waals surface area contributed by atoms with Gasteiger partial charge in [-0.1, -0.05) is 0 Å². The average Bonchev–Trinajstić information content (AvgIpc) is 2.69. The van der Waals surface area contributed by atoms with E-state index in [0.29, 0.717) is 0 Å². The Morgan fingerprint density at radius 1 is 1.15 bits per heavy atom. The van der Waals surface area contributed by atoms with Crippen molar-refractivity contribution in [3.05, 3.63) is 54.1 Å². The smallest absolute Gasteiger partial charge is 0.227 e. The number of rotatable bonds is 3. The molecule has 1 fully saturated rings. The van der Waals surface area contributed by atoms with E-state index in [2.05, 4.69) is 38.2 Å². The van der Waals surface area contributed by atoms with Crippen molar-refractivity contribution in [1.82, 2.24) is 15.0 Å². The first-order valence-electron chi connectivity index (χ1n) is 9.30. The molecule has 1 N–H and O–H groups in total. The third-order valence-electron chi connectivity index (χ3n) is 5.15. The van der Waals surface area contributed by atoms with Gasteiger partial charge in [0.25, 0.3) is 0 Å². The Kier molecular flexibility index (Phi) is 4.71. The van der Waals surface area contributed by atoms with Crippen molar-refractivity contribution in [3.8, 4) is 0 Å². The number of carbonyl (C=O) groups excluding carboxylic acids is 1. The summed E-state index contributed by atoms with van der Waals surface area (Å²) in [5.74, 6) is 0.987. The van der Waals surface area contributed by atoms with Gasteiger partial charge in [0, 0.05) is 48.2 Å². The highest BCUT2D eigenvalue weighted by molar-refractivity contribution is 5.95. The number of aromatic nitrogens is 3. The van der Waals surface area contributed by atoms with Crippen molar-refractivity contribution in [2.75, 3.05) is 23.3 Å². The van der Waals surface area contributed by atoms with Crippen LogP contribution in [0.5, 0.6) is 0 Å². The monoisotopic (exact) mass is 361 g/mol. The molecule has 0 radical (unpaired) electrons. The minimum Gasteiger partial charge on any atom is -0.355 e. The van der Waals surface area contributed by atoms with E-state index in [9.17, 15) is 4.79 Å². The van der Waals surface area contributed by atoms with Crippen LogP contribution in [-0.4, -0.2) is 33.9 Å². The van der Waals surface area contributed by atoms with Crippen LogP contribution in [-0.2, 0) is 4.79 Å². The van der Waals surface area contributed by atoms with Crippen LogP contribution in [0.25, 0.3) is 10.9 Å². The molecule has 1 amide bonds. The zero-order valence-corrected chi connectivity index (χ0v) is 15.6. The summed E-state index contributed by atoms with van der Waals surface area (Å²) in [5.41, 5.74) is 3.97. The lowest BCUT2D eigenvalue weighted by molar-refractivity contribution is -0.120. The van der Waals surface area contributed by atoms with Gasteiger partial charge in [-0.2, -0.15) is 0 Å². The maximum Gasteiger partial charge on any atom is 0.227 e. The SMILES string of the molecule is Cc1cc(C)c2cc(NC(=O)C3CCN(c4cnccn4)CC3)ccc2n1. The fourth-order valence-corrected chi connectivity index (χ4v) is 3.71. The highest BCUT2D eigenvalue weighted by Crippen LogP contribution is 2.25. The number of nitrogens with one attached hydrogen (secondary N) is 1. The number of benzene rings is 1. The second-order valence-electron chi connectivity index (χ2n) is 7.13. The van der Waals surface area contributed by atoms with Crippen molar-refractivity contribution in [2.45, 2.75) is 26.7 Å². The molecule has 27 heavy (non-hydrogen) atoms. The van der Waals surface area contributed by atoms with Crippen molar-refractivity contribution in [1.29, 1.82) is 0 Å². The number of nitrogens with zero attached hydrogens (tertiary/aromatic N) is 4. The van der Waals surface area contributed by atoms with Gasteiger partial charge in [0.05, 0.1) is 11.7 Å². The Morgan fingerprint density at radius 2 is 1.96 bits per heavy atom. The summed E-state index contributed by atoms with van der Waals surface area (Å²) in [6, 6.07) is 7.99. The number of pyridine rings is 1. The van der Waals surface area contributed by atoms with E-state index in [1.807, 2.05) is 25.1 Å². The Bertz CT molecular complexity index is 965. The zero-order chi connectivity index (χ0) is 18.8. The first-order chi connectivity index (χ1) is 13.1. The van der Waals surface area contributed by atoms with E-state index in [0.717, 1.165) is 54.0 Å². The van der Waals surface area contributed by atoms with Gasteiger partial charge in [0.2, 0.25) is 5.91 Å². The highest BCUT2D eigenvalue weighted by Gasteiger charge is 2.25. The van der Waals surface area contributed by atoms with Crippen LogP contribution < -0.4 is 10.2 Å². The molecule has 1 aromatic carbocycles. The molecule has 4 rings (SSSR count). The number of fused-ring (bicyclic) bond motifs is 1. The summed E-state index contributed by atoms with van der Waals surface area (Å²) in [6.07, 6.45) is 6.77. The summed E-state index contributed by atoms with van der Waals surface area (Å²) in [7, 11) is 0. The van der Waals surface area contributed by atoms with E-state index in [4.69, 9.17) is 0 Å². The Morgan fingerprint density at radius 3 is 2.70 bits per heavy atom. The quantitative estimate of drug-likeness (QED) is 0.773. The van der Waals surface area contributed by atoms with Gasteiger partial charge < -0.3 is 10.2 Å². The molecule has 0 spiro atoms. The lowest BCUT2D eigenvalue weighted by Crippen LogP contribution is -2.38. The van der Waals surface area contributed by atoms with Gasteiger partial charge in [-0.25, -0.2) is 4.98 Å². The fourth-order valence-electron chi connectivity index (χ4n) is 3.71. The molecular formula is C21H23N5O. The van der Waals surface area contributed by atoms with Crippen molar-refractivity contribution in [2.24, 2.45) is 5.92 Å². The van der Waals surface area contributed by atoms with Crippen LogP contribution >= 0.6 is 0 Å². The number of anilines is 2. The molecule has 0 unspecified atom stereocenters. The van der Waals surface area contributed by atoms with E-state index in [1.165, 1.54) is 5.56 Å². The summed E-state index contributed by atoms with van der Waals surface area (Å²) >= 11 is 0. The van der Waals surface area contributed by atoms with Crippen LogP contribution in [0.1, 0.15) is 24.1 Å². The van der Waals surface area contributed by atoms with Crippen LogP contribution in [0.2, 0.25) is 0 Å². The molecule has 0 bridgehead atoms. The lowest BCUT2D eigenvalue weighted by atomic mass is 9.95. The maximum atomic E-state index is 12.7.